The summed E-state index contributed by atoms with van der Waals surface area (Å²) in [5, 5.41) is 3.54. The lowest BCUT2D eigenvalue weighted by molar-refractivity contribution is 0.690. The molecule has 0 radical (unpaired) electrons. The summed E-state index contributed by atoms with van der Waals surface area (Å²) in [7, 11) is 0. The first-order valence-electron chi connectivity index (χ1n) is 6.65. The highest BCUT2D eigenvalue weighted by molar-refractivity contribution is 5.67. The second kappa shape index (κ2) is 5.50. The number of rotatable bonds is 5. The summed E-state index contributed by atoms with van der Waals surface area (Å²) in [5.41, 5.74) is 5.60. The summed E-state index contributed by atoms with van der Waals surface area (Å²) in [5.74, 6) is 0. The Balaban J connectivity index is 1.94. The molecule has 0 amide bonds. The van der Waals surface area contributed by atoms with Crippen LogP contribution in [0.25, 0.3) is 5.57 Å². The van der Waals surface area contributed by atoms with Gasteiger partial charge in [0.1, 0.15) is 0 Å². The van der Waals surface area contributed by atoms with Gasteiger partial charge in [0.2, 0.25) is 0 Å². The Bertz CT molecular complexity index is 414. The molecular formula is C16H23N. The van der Waals surface area contributed by atoms with E-state index < -0.39 is 0 Å². The molecule has 1 aliphatic rings. The molecule has 1 saturated carbocycles. The standard InChI is InChI=1S/C16H23N/c1-12-6-4-8-16(14(12)3)13(2)7-5-11-17-15-9-10-15/h4,6-8,15,17H,5,9-11H2,1-3H3. The van der Waals surface area contributed by atoms with Gasteiger partial charge < -0.3 is 5.32 Å². The smallest absolute Gasteiger partial charge is 0.00683 e. The van der Waals surface area contributed by atoms with Crippen LogP contribution in [-0.4, -0.2) is 12.6 Å². The minimum absolute atomic E-state index is 0.824. The van der Waals surface area contributed by atoms with Crippen molar-refractivity contribution in [3.63, 3.8) is 0 Å². The molecule has 1 aromatic rings. The van der Waals surface area contributed by atoms with Crippen LogP contribution in [0.1, 0.15) is 42.9 Å². The monoisotopic (exact) mass is 229 g/mol. The molecular weight excluding hydrogens is 206 g/mol. The van der Waals surface area contributed by atoms with E-state index in [0.29, 0.717) is 0 Å². The minimum Gasteiger partial charge on any atom is -0.314 e. The zero-order chi connectivity index (χ0) is 12.3. The Morgan fingerprint density at radius 2 is 2.12 bits per heavy atom. The Morgan fingerprint density at radius 3 is 2.82 bits per heavy atom. The van der Waals surface area contributed by atoms with E-state index in [2.05, 4.69) is 50.4 Å². The fourth-order valence-electron chi connectivity index (χ4n) is 2.15. The van der Waals surface area contributed by atoms with Crippen LogP contribution in [-0.2, 0) is 0 Å². The summed E-state index contributed by atoms with van der Waals surface area (Å²) in [6.45, 7) is 7.73. The summed E-state index contributed by atoms with van der Waals surface area (Å²) < 4.78 is 0. The molecule has 1 aliphatic carbocycles. The van der Waals surface area contributed by atoms with Gasteiger partial charge in [0.25, 0.3) is 0 Å². The number of hydrogen-bond donors (Lipinski definition) is 1. The van der Waals surface area contributed by atoms with Crippen LogP contribution in [0, 0.1) is 13.8 Å². The first-order valence-corrected chi connectivity index (χ1v) is 6.65. The molecule has 17 heavy (non-hydrogen) atoms. The number of aryl methyl sites for hydroxylation is 1. The van der Waals surface area contributed by atoms with E-state index in [-0.39, 0.29) is 0 Å². The van der Waals surface area contributed by atoms with Gasteiger partial charge in [0.05, 0.1) is 0 Å². The van der Waals surface area contributed by atoms with E-state index in [1.807, 2.05) is 0 Å². The third-order valence-electron chi connectivity index (χ3n) is 3.63. The first-order chi connectivity index (χ1) is 8.18. The van der Waals surface area contributed by atoms with Gasteiger partial charge in [0.15, 0.2) is 0 Å². The van der Waals surface area contributed by atoms with Gasteiger partial charge in [-0.15, -0.1) is 0 Å². The van der Waals surface area contributed by atoms with Crippen molar-refractivity contribution < 1.29 is 0 Å². The van der Waals surface area contributed by atoms with Gasteiger partial charge in [-0.1, -0.05) is 24.3 Å². The topological polar surface area (TPSA) is 12.0 Å². The Morgan fingerprint density at radius 1 is 1.35 bits per heavy atom. The maximum Gasteiger partial charge on any atom is 0.00683 e. The van der Waals surface area contributed by atoms with Gasteiger partial charge in [-0.2, -0.15) is 0 Å². The molecule has 1 fully saturated rings. The minimum atomic E-state index is 0.824. The number of hydrogen-bond acceptors (Lipinski definition) is 1. The van der Waals surface area contributed by atoms with Crippen molar-refractivity contribution in [1.29, 1.82) is 0 Å². The van der Waals surface area contributed by atoms with E-state index in [0.717, 1.165) is 19.0 Å². The lowest BCUT2D eigenvalue weighted by atomic mass is 9.97. The molecule has 0 saturated heterocycles. The molecule has 0 spiro atoms. The average Bonchev–Trinajstić information content (AvgIpc) is 3.12. The highest BCUT2D eigenvalue weighted by atomic mass is 14.9. The molecule has 0 heterocycles. The van der Waals surface area contributed by atoms with Crippen molar-refractivity contribution in [3.05, 3.63) is 41.0 Å². The summed E-state index contributed by atoms with van der Waals surface area (Å²) in [6.07, 6.45) is 6.24. The molecule has 0 aromatic heterocycles. The average molecular weight is 229 g/mol. The van der Waals surface area contributed by atoms with Crippen LogP contribution in [0.2, 0.25) is 0 Å². The fourth-order valence-corrected chi connectivity index (χ4v) is 2.15. The number of nitrogens with one attached hydrogen (secondary N) is 1. The molecule has 0 bridgehead atoms. The largest absolute Gasteiger partial charge is 0.314 e. The summed E-state index contributed by atoms with van der Waals surface area (Å²) in [6, 6.07) is 7.38. The van der Waals surface area contributed by atoms with Crippen molar-refractivity contribution in [3.8, 4) is 0 Å². The number of allylic oxidation sites excluding steroid dienone is 1. The highest BCUT2D eigenvalue weighted by Gasteiger charge is 2.19. The van der Waals surface area contributed by atoms with Gasteiger partial charge in [-0.3, -0.25) is 0 Å². The van der Waals surface area contributed by atoms with Crippen molar-refractivity contribution in [2.75, 3.05) is 6.54 Å². The third-order valence-corrected chi connectivity index (χ3v) is 3.63. The predicted molar refractivity (Wildman–Crippen MR) is 75.2 cm³/mol. The summed E-state index contributed by atoms with van der Waals surface area (Å²) in [4.78, 5) is 0. The van der Waals surface area contributed by atoms with E-state index in [1.165, 1.54) is 35.1 Å². The van der Waals surface area contributed by atoms with Gasteiger partial charge >= 0.3 is 0 Å². The second-order valence-corrected chi connectivity index (χ2v) is 5.15. The van der Waals surface area contributed by atoms with Crippen molar-refractivity contribution in [2.45, 2.75) is 46.1 Å². The lowest BCUT2D eigenvalue weighted by Crippen LogP contribution is -2.16. The molecule has 1 N–H and O–H groups in total. The molecule has 1 nitrogen and oxygen atoms in total. The van der Waals surface area contributed by atoms with Crippen LogP contribution in [0.15, 0.2) is 24.3 Å². The van der Waals surface area contributed by atoms with Crippen LogP contribution in [0.5, 0.6) is 0 Å². The maximum atomic E-state index is 3.54. The molecule has 2 rings (SSSR count). The van der Waals surface area contributed by atoms with Crippen molar-refractivity contribution in [1.82, 2.24) is 5.32 Å². The zero-order valence-electron chi connectivity index (χ0n) is 11.2. The molecule has 92 valence electrons. The van der Waals surface area contributed by atoms with E-state index in [9.17, 15) is 0 Å². The van der Waals surface area contributed by atoms with Gasteiger partial charge in [0, 0.05) is 6.04 Å². The second-order valence-electron chi connectivity index (χ2n) is 5.15. The third kappa shape index (κ3) is 3.44. The quantitative estimate of drug-likeness (QED) is 0.756. The number of benzene rings is 1. The normalized spacial score (nSPS) is 16.3. The molecule has 1 aromatic carbocycles. The van der Waals surface area contributed by atoms with Crippen molar-refractivity contribution in [2.24, 2.45) is 0 Å². The fraction of sp³-hybridized carbons (Fsp3) is 0.500. The molecule has 0 atom stereocenters. The SMILES string of the molecule is CC(=CCCNC1CC1)c1cccc(C)c1C. The molecule has 0 unspecified atom stereocenters. The maximum absolute atomic E-state index is 3.54. The van der Waals surface area contributed by atoms with Crippen molar-refractivity contribution >= 4 is 5.57 Å². The molecule has 1 heteroatoms. The first kappa shape index (κ1) is 12.4. The molecule has 0 aliphatic heterocycles. The van der Waals surface area contributed by atoms with Gasteiger partial charge in [-0.25, -0.2) is 0 Å². The van der Waals surface area contributed by atoms with Crippen LogP contribution < -0.4 is 5.32 Å². The highest BCUT2D eigenvalue weighted by Crippen LogP contribution is 2.22. The zero-order valence-corrected chi connectivity index (χ0v) is 11.2. The Kier molecular flexibility index (Phi) is 4.01. The van der Waals surface area contributed by atoms with Crippen LogP contribution >= 0.6 is 0 Å². The predicted octanol–water partition coefficient (Wildman–Crippen LogP) is 3.85. The van der Waals surface area contributed by atoms with Crippen LogP contribution in [0.4, 0.5) is 0 Å². The van der Waals surface area contributed by atoms with E-state index in [1.54, 1.807) is 0 Å². The lowest BCUT2D eigenvalue weighted by Gasteiger charge is -2.09. The Hall–Kier alpha value is -1.08. The van der Waals surface area contributed by atoms with Crippen LogP contribution in [0.3, 0.4) is 0 Å². The van der Waals surface area contributed by atoms with Gasteiger partial charge in [-0.05, 0) is 68.8 Å². The Labute approximate surface area is 105 Å². The van der Waals surface area contributed by atoms with E-state index in [4.69, 9.17) is 0 Å². The summed E-state index contributed by atoms with van der Waals surface area (Å²) >= 11 is 0. The van der Waals surface area contributed by atoms with E-state index >= 15 is 0 Å².